The lowest BCUT2D eigenvalue weighted by Gasteiger charge is -2.25. The van der Waals surface area contributed by atoms with Crippen LogP contribution in [0.4, 0.5) is 10.3 Å². The zero-order valence-electron chi connectivity index (χ0n) is 8.24. The van der Waals surface area contributed by atoms with Crippen molar-refractivity contribution in [3.63, 3.8) is 0 Å². The second kappa shape index (κ2) is 5.24. The first-order chi connectivity index (χ1) is 6.65. The molecule has 0 saturated heterocycles. The SMILES string of the molecule is CC(C)N(CCBr)c1ncc(F)cn1. The second-order valence-electron chi connectivity index (χ2n) is 3.18. The Kier molecular flexibility index (Phi) is 4.25. The third-order valence-corrected chi connectivity index (χ3v) is 2.17. The highest BCUT2D eigenvalue weighted by molar-refractivity contribution is 9.09. The van der Waals surface area contributed by atoms with E-state index in [0.29, 0.717) is 12.0 Å². The third-order valence-electron chi connectivity index (χ3n) is 1.81. The fourth-order valence-corrected chi connectivity index (χ4v) is 1.52. The standard InChI is InChI=1S/C9H13BrFN3/c1-7(2)14(4-3-10)9-12-5-8(11)6-13-9/h5-7H,3-4H2,1-2H3. The van der Waals surface area contributed by atoms with Crippen molar-refractivity contribution in [2.24, 2.45) is 0 Å². The molecule has 1 aromatic heterocycles. The Morgan fingerprint density at radius 1 is 1.43 bits per heavy atom. The van der Waals surface area contributed by atoms with E-state index in [4.69, 9.17) is 0 Å². The number of aromatic nitrogens is 2. The number of anilines is 1. The number of hydrogen-bond donors (Lipinski definition) is 0. The summed E-state index contributed by atoms with van der Waals surface area (Å²) in [5, 5.41) is 0.839. The molecule has 0 aliphatic carbocycles. The Hall–Kier alpha value is -0.710. The molecule has 0 unspecified atom stereocenters. The zero-order chi connectivity index (χ0) is 10.6. The van der Waals surface area contributed by atoms with E-state index in [1.54, 1.807) is 0 Å². The largest absolute Gasteiger partial charge is 0.338 e. The number of halogens is 2. The summed E-state index contributed by atoms with van der Waals surface area (Å²) in [6.07, 6.45) is 2.37. The first-order valence-corrected chi connectivity index (χ1v) is 5.57. The maximum absolute atomic E-state index is 12.6. The number of alkyl halides is 1. The lowest BCUT2D eigenvalue weighted by molar-refractivity contribution is 0.606. The van der Waals surface area contributed by atoms with Gasteiger partial charge in [-0.3, -0.25) is 0 Å². The minimum Gasteiger partial charge on any atom is -0.338 e. The van der Waals surface area contributed by atoms with Crippen molar-refractivity contribution in [1.29, 1.82) is 0 Å². The summed E-state index contributed by atoms with van der Waals surface area (Å²) in [6.45, 7) is 4.91. The molecule has 0 atom stereocenters. The van der Waals surface area contributed by atoms with E-state index in [1.807, 2.05) is 4.90 Å². The number of hydrogen-bond acceptors (Lipinski definition) is 3. The van der Waals surface area contributed by atoms with Gasteiger partial charge in [0.25, 0.3) is 0 Å². The third kappa shape index (κ3) is 2.90. The highest BCUT2D eigenvalue weighted by atomic mass is 79.9. The van der Waals surface area contributed by atoms with Crippen LogP contribution in [0.5, 0.6) is 0 Å². The van der Waals surface area contributed by atoms with Gasteiger partial charge in [0, 0.05) is 17.9 Å². The molecule has 1 heterocycles. The molecule has 3 nitrogen and oxygen atoms in total. The van der Waals surface area contributed by atoms with Crippen molar-refractivity contribution >= 4 is 21.9 Å². The first kappa shape index (κ1) is 11.4. The van der Waals surface area contributed by atoms with Gasteiger partial charge in [-0.15, -0.1) is 0 Å². The van der Waals surface area contributed by atoms with Gasteiger partial charge in [-0.05, 0) is 13.8 Å². The van der Waals surface area contributed by atoms with E-state index in [9.17, 15) is 4.39 Å². The molecule has 78 valence electrons. The predicted molar refractivity (Wildman–Crippen MR) is 58.3 cm³/mol. The Labute approximate surface area is 91.5 Å². The molecule has 0 aliphatic heterocycles. The van der Waals surface area contributed by atoms with Crippen LogP contribution < -0.4 is 4.90 Å². The van der Waals surface area contributed by atoms with Crippen LogP contribution in [-0.4, -0.2) is 27.9 Å². The van der Waals surface area contributed by atoms with Crippen LogP contribution in [0.25, 0.3) is 0 Å². The molecule has 0 bridgehead atoms. The quantitative estimate of drug-likeness (QED) is 0.779. The lowest BCUT2D eigenvalue weighted by atomic mass is 10.3. The lowest BCUT2D eigenvalue weighted by Crippen LogP contribution is -2.33. The van der Waals surface area contributed by atoms with Crippen LogP contribution in [0.1, 0.15) is 13.8 Å². The average Bonchev–Trinajstić information content (AvgIpc) is 2.15. The topological polar surface area (TPSA) is 29.0 Å². The molecule has 0 N–H and O–H groups in total. The molecule has 14 heavy (non-hydrogen) atoms. The monoisotopic (exact) mass is 261 g/mol. The molecule has 0 amide bonds. The Balaban J connectivity index is 2.82. The fraction of sp³-hybridized carbons (Fsp3) is 0.556. The van der Waals surface area contributed by atoms with E-state index in [0.717, 1.165) is 11.9 Å². The van der Waals surface area contributed by atoms with E-state index in [-0.39, 0.29) is 0 Å². The highest BCUT2D eigenvalue weighted by Gasteiger charge is 2.11. The molecule has 0 saturated carbocycles. The van der Waals surface area contributed by atoms with Gasteiger partial charge in [0.15, 0.2) is 5.82 Å². The number of nitrogens with zero attached hydrogens (tertiary/aromatic N) is 3. The van der Waals surface area contributed by atoms with Crippen LogP contribution in [0.2, 0.25) is 0 Å². The summed E-state index contributed by atoms with van der Waals surface area (Å²) in [5.41, 5.74) is 0. The zero-order valence-corrected chi connectivity index (χ0v) is 9.83. The van der Waals surface area contributed by atoms with Crippen molar-refractivity contribution in [3.05, 3.63) is 18.2 Å². The summed E-state index contributed by atoms with van der Waals surface area (Å²) in [4.78, 5) is 9.88. The van der Waals surface area contributed by atoms with Crippen molar-refractivity contribution in [2.45, 2.75) is 19.9 Å². The van der Waals surface area contributed by atoms with Gasteiger partial charge in [0.1, 0.15) is 0 Å². The molecule has 1 rings (SSSR count). The number of rotatable bonds is 4. The maximum Gasteiger partial charge on any atom is 0.225 e. The minimum atomic E-state index is -0.406. The molecule has 1 aromatic rings. The summed E-state index contributed by atoms with van der Waals surface area (Å²) in [5.74, 6) is 0.164. The normalized spacial score (nSPS) is 10.6. The van der Waals surface area contributed by atoms with E-state index in [1.165, 1.54) is 12.4 Å². The average molecular weight is 262 g/mol. The van der Waals surface area contributed by atoms with Crippen LogP contribution in [-0.2, 0) is 0 Å². The molecule has 5 heteroatoms. The van der Waals surface area contributed by atoms with Gasteiger partial charge in [-0.1, -0.05) is 15.9 Å². The van der Waals surface area contributed by atoms with Gasteiger partial charge in [0.05, 0.1) is 12.4 Å². The summed E-state index contributed by atoms with van der Waals surface area (Å²) < 4.78 is 12.6. The van der Waals surface area contributed by atoms with Gasteiger partial charge in [0.2, 0.25) is 5.95 Å². The van der Waals surface area contributed by atoms with Crippen LogP contribution in [0.15, 0.2) is 12.4 Å². The van der Waals surface area contributed by atoms with Gasteiger partial charge in [-0.25, -0.2) is 14.4 Å². The van der Waals surface area contributed by atoms with Gasteiger partial charge < -0.3 is 4.90 Å². The Bertz CT molecular complexity index is 276. The minimum absolute atomic E-state index is 0.304. The molecule has 0 aliphatic rings. The Morgan fingerprint density at radius 3 is 2.43 bits per heavy atom. The van der Waals surface area contributed by atoms with Gasteiger partial charge >= 0.3 is 0 Å². The summed E-state index contributed by atoms with van der Waals surface area (Å²) in [6, 6.07) is 0.304. The Morgan fingerprint density at radius 2 is 2.00 bits per heavy atom. The van der Waals surface area contributed by atoms with Crippen molar-refractivity contribution < 1.29 is 4.39 Å². The molecular weight excluding hydrogens is 249 g/mol. The van der Waals surface area contributed by atoms with Gasteiger partial charge in [-0.2, -0.15) is 0 Å². The molecular formula is C9H13BrFN3. The van der Waals surface area contributed by atoms with Crippen LogP contribution in [0.3, 0.4) is 0 Å². The smallest absolute Gasteiger partial charge is 0.225 e. The van der Waals surface area contributed by atoms with Crippen molar-refractivity contribution in [2.75, 3.05) is 16.8 Å². The predicted octanol–water partition coefficient (Wildman–Crippen LogP) is 2.23. The first-order valence-electron chi connectivity index (χ1n) is 4.45. The molecule has 0 radical (unpaired) electrons. The second-order valence-corrected chi connectivity index (χ2v) is 3.97. The van der Waals surface area contributed by atoms with Crippen molar-refractivity contribution in [1.82, 2.24) is 9.97 Å². The van der Waals surface area contributed by atoms with Crippen LogP contribution >= 0.6 is 15.9 Å². The van der Waals surface area contributed by atoms with Crippen LogP contribution in [0, 0.1) is 5.82 Å². The van der Waals surface area contributed by atoms with E-state index in [2.05, 4.69) is 39.7 Å². The summed E-state index contributed by atoms with van der Waals surface area (Å²) >= 11 is 3.36. The summed E-state index contributed by atoms with van der Waals surface area (Å²) in [7, 11) is 0. The molecule has 0 fully saturated rings. The van der Waals surface area contributed by atoms with E-state index >= 15 is 0 Å². The fourth-order valence-electron chi connectivity index (χ4n) is 1.13. The highest BCUT2D eigenvalue weighted by Crippen LogP contribution is 2.10. The molecule has 0 aromatic carbocycles. The van der Waals surface area contributed by atoms with Crippen molar-refractivity contribution in [3.8, 4) is 0 Å². The van der Waals surface area contributed by atoms with E-state index < -0.39 is 5.82 Å². The maximum atomic E-state index is 12.6. The molecule has 0 spiro atoms.